The Hall–Kier alpha value is -2.07. The Morgan fingerprint density at radius 2 is 1.57 bits per heavy atom. The topological polar surface area (TPSA) is 44.5 Å². The quantitative estimate of drug-likeness (QED) is 0.936. The number of hydrogen-bond acceptors (Lipinski definition) is 3. The van der Waals surface area contributed by atoms with Crippen molar-refractivity contribution in [3.05, 3.63) is 58.4 Å². The Labute approximate surface area is 124 Å². The van der Waals surface area contributed by atoms with Crippen LogP contribution in [0.5, 0.6) is 11.5 Å². The molecule has 0 bridgehead atoms. The van der Waals surface area contributed by atoms with E-state index in [9.17, 15) is 4.39 Å². The van der Waals surface area contributed by atoms with E-state index in [2.05, 4.69) is 0 Å². The van der Waals surface area contributed by atoms with Gasteiger partial charge in [0.1, 0.15) is 17.3 Å². The highest BCUT2D eigenvalue weighted by molar-refractivity contribution is 5.52. The molecule has 3 nitrogen and oxygen atoms in total. The molecule has 2 aromatic carbocycles. The second-order valence-electron chi connectivity index (χ2n) is 5.03. The van der Waals surface area contributed by atoms with Gasteiger partial charge in [0.05, 0.1) is 25.8 Å². The SMILES string of the molecule is COc1cccc(OC)c1C(N)c1c(C)cc(C)cc1F. The van der Waals surface area contributed by atoms with E-state index in [1.54, 1.807) is 26.4 Å². The van der Waals surface area contributed by atoms with Crippen LogP contribution in [-0.4, -0.2) is 14.2 Å². The average molecular weight is 289 g/mol. The molecule has 21 heavy (non-hydrogen) atoms. The van der Waals surface area contributed by atoms with E-state index in [1.807, 2.05) is 26.0 Å². The zero-order chi connectivity index (χ0) is 15.6. The molecular weight excluding hydrogens is 269 g/mol. The Bertz CT molecular complexity index is 610. The largest absolute Gasteiger partial charge is 0.496 e. The second-order valence-corrected chi connectivity index (χ2v) is 5.03. The van der Waals surface area contributed by atoms with Crippen LogP contribution in [0.25, 0.3) is 0 Å². The van der Waals surface area contributed by atoms with Gasteiger partial charge in [0.25, 0.3) is 0 Å². The molecule has 0 aromatic heterocycles. The van der Waals surface area contributed by atoms with Gasteiger partial charge in [-0.1, -0.05) is 12.1 Å². The molecule has 4 heteroatoms. The Morgan fingerprint density at radius 3 is 2.05 bits per heavy atom. The maximum atomic E-state index is 14.4. The van der Waals surface area contributed by atoms with Crippen molar-refractivity contribution in [1.82, 2.24) is 0 Å². The summed E-state index contributed by atoms with van der Waals surface area (Å²) < 4.78 is 25.1. The lowest BCUT2D eigenvalue weighted by molar-refractivity contribution is 0.381. The minimum Gasteiger partial charge on any atom is -0.496 e. The van der Waals surface area contributed by atoms with Crippen LogP contribution in [0, 0.1) is 19.7 Å². The van der Waals surface area contributed by atoms with Crippen LogP contribution < -0.4 is 15.2 Å². The number of benzene rings is 2. The summed E-state index contributed by atoms with van der Waals surface area (Å²) in [5.74, 6) is 0.857. The van der Waals surface area contributed by atoms with E-state index in [-0.39, 0.29) is 5.82 Å². The number of ether oxygens (including phenoxy) is 2. The fourth-order valence-electron chi connectivity index (χ4n) is 2.65. The maximum Gasteiger partial charge on any atom is 0.128 e. The summed E-state index contributed by atoms with van der Waals surface area (Å²) in [6.07, 6.45) is 0. The van der Waals surface area contributed by atoms with Gasteiger partial charge in [-0.3, -0.25) is 0 Å². The Morgan fingerprint density at radius 1 is 1.00 bits per heavy atom. The fourth-order valence-corrected chi connectivity index (χ4v) is 2.65. The third kappa shape index (κ3) is 2.85. The predicted molar refractivity (Wildman–Crippen MR) is 81.5 cm³/mol. The Balaban J connectivity index is 2.62. The lowest BCUT2D eigenvalue weighted by Crippen LogP contribution is -2.17. The molecule has 0 aliphatic heterocycles. The molecule has 0 amide bonds. The monoisotopic (exact) mass is 289 g/mol. The van der Waals surface area contributed by atoms with E-state index in [1.165, 1.54) is 6.07 Å². The number of methoxy groups -OCH3 is 2. The molecule has 1 atom stereocenters. The maximum absolute atomic E-state index is 14.4. The van der Waals surface area contributed by atoms with Crippen molar-refractivity contribution < 1.29 is 13.9 Å². The van der Waals surface area contributed by atoms with Gasteiger partial charge in [-0.25, -0.2) is 4.39 Å². The first-order chi connectivity index (χ1) is 9.99. The van der Waals surface area contributed by atoms with E-state index in [4.69, 9.17) is 15.2 Å². The lowest BCUT2D eigenvalue weighted by Gasteiger charge is -2.21. The molecule has 1 unspecified atom stereocenters. The molecule has 0 heterocycles. The summed E-state index contributed by atoms with van der Waals surface area (Å²) in [4.78, 5) is 0. The Kier molecular flexibility index (Phi) is 4.48. The van der Waals surface area contributed by atoms with Crippen molar-refractivity contribution in [2.75, 3.05) is 14.2 Å². The molecule has 2 rings (SSSR count). The third-order valence-corrected chi connectivity index (χ3v) is 3.57. The van der Waals surface area contributed by atoms with Gasteiger partial charge in [-0.2, -0.15) is 0 Å². The summed E-state index contributed by atoms with van der Waals surface area (Å²) in [5, 5.41) is 0. The van der Waals surface area contributed by atoms with Gasteiger partial charge in [0.15, 0.2) is 0 Å². The number of rotatable bonds is 4. The minimum atomic E-state index is -0.656. The van der Waals surface area contributed by atoms with Crippen molar-refractivity contribution in [3.63, 3.8) is 0 Å². The first kappa shape index (κ1) is 15.3. The molecule has 0 aliphatic carbocycles. The van der Waals surface area contributed by atoms with Crippen molar-refractivity contribution >= 4 is 0 Å². The molecule has 0 radical (unpaired) electrons. The van der Waals surface area contributed by atoms with E-state index in [0.717, 1.165) is 11.1 Å². The predicted octanol–water partition coefficient (Wildman–Crippen LogP) is 3.51. The van der Waals surface area contributed by atoms with Gasteiger partial charge < -0.3 is 15.2 Å². The molecule has 0 saturated heterocycles. The molecule has 0 saturated carbocycles. The van der Waals surface area contributed by atoms with Crippen LogP contribution >= 0.6 is 0 Å². The van der Waals surface area contributed by atoms with Crippen molar-refractivity contribution in [3.8, 4) is 11.5 Å². The molecule has 0 aliphatic rings. The van der Waals surface area contributed by atoms with Gasteiger partial charge in [-0.15, -0.1) is 0 Å². The molecule has 2 N–H and O–H groups in total. The molecule has 0 fully saturated rings. The smallest absolute Gasteiger partial charge is 0.128 e. The van der Waals surface area contributed by atoms with Crippen LogP contribution in [0.2, 0.25) is 0 Å². The van der Waals surface area contributed by atoms with E-state index in [0.29, 0.717) is 22.6 Å². The van der Waals surface area contributed by atoms with Gasteiger partial charge >= 0.3 is 0 Å². The number of nitrogens with two attached hydrogens (primary N) is 1. The summed E-state index contributed by atoms with van der Waals surface area (Å²) >= 11 is 0. The highest BCUT2D eigenvalue weighted by atomic mass is 19.1. The standard InChI is InChI=1S/C17H20FNO2/c1-10-8-11(2)15(12(18)9-10)17(19)16-13(20-3)6-5-7-14(16)21-4/h5-9,17H,19H2,1-4H3. The zero-order valence-electron chi connectivity index (χ0n) is 12.7. The van der Waals surface area contributed by atoms with Crippen molar-refractivity contribution in [1.29, 1.82) is 0 Å². The highest BCUT2D eigenvalue weighted by Crippen LogP contribution is 2.37. The third-order valence-electron chi connectivity index (χ3n) is 3.57. The van der Waals surface area contributed by atoms with Crippen molar-refractivity contribution in [2.45, 2.75) is 19.9 Å². The highest BCUT2D eigenvalue weighted by Gasteiger charge is 2.23. The zero-order valence-corrected chi connectivity index (χ0v) is 12.7. The molecular formula is C17H20FNO2. The fraction of sp³-hybridized carbons (Fsp3) is 0.294. The molecule has 2 aromatic rings. The normalized spacial score (nSPS) is 12.1. The van der Waals surface area contributed by atoms with Crippen LogP contribution in [-0.2, 0) is 0 Å². The molecule has 112 valence electrons. The van der Waals surface area contributed by atoms with Crippen LogP contribution in [0.4, 0.5) is 4.39 Å². The van der Waals surface area contributed by atoms with Gasteiger partial charge in [0.2, 0.25) is 0 Å². The molecule has 0 spiro atoms. The summed E-state index contributed by atoms with van der Waals surface area (Å²) in [5.41, 5.74) is 9.11. The minimum absolute atomic E-state index is 0.312. The average Bonchev–Trinajstić information content (AvgIpc) is 2.44. The van der Waals surface area contributed by atoms with Crippen LogP contribution in [0.1, 0.15) is 28.3 Å². The van der Waals surface area contributed by atoms with Crippen LogP contribution in [0.15, 0.2) is 30.3 Å². The van der Waals surface area contributed by atoms with E-state index < -0.39 is 6.04 Å². The summed E-state index contributed by atoms with van der Waals surface area (Å²) in [6.45, 7) is 3.71. The van der Waals surface area contributed by atoms with Gasteiger partial charge in [0, 0.05) is 5.56 Å². The number of hydrogen-bond donors (Lipinski definition) is 1. The van der Waals surface area contributed by atoms with Gasteiger partial charge in [-0.05, 0) is 43.2 Å². The second kappa shape index (κ2) is 6.14. The first-order valence-electron chi connectivity index (χ1n) is 6.72. The lowest BCUT2D eigenvalue weighted by atomic mass is 9.92. The summed E-state index contributed by atoms with van der Waals surface area (Å²) in [6, 6.07) is 8.14. The van der Waals surface area contributed by atoms with E-state index >= 15 is 0 Å². The first-order valence-corrected chi connectivity index (χ1v) is 6.72. The number of halogens is 1. The summed E-state index contributed by atoms with van der Waals surface area (Å²) in [7, 11) is 3.12. The van der Waals surface area contributed by atoms with Crippen LogP contribution in [0.3, 0.4) is 0 Å². The van der Waals surface area contributed by atoms with Crippen molar-refractivity contribution in [2.24, 2.45) is 5.73 Å². The number of aryl methyl sites for hydroxylation is 2.